The van der Waals surface area contributed by atoms with Gasteiger partial charge in [0.2, 0.25) is 5.91 Å². The second kappa shape index (κ2) is 7.94. The summed E-state index contributed by atoms with van der Waals surface area (Å²) in [4.78, 5) is 27.1. The number of rotatable bonds is 4. The summed E-state index contributed by atoms with van der Waals surface area (Å²) in [5.41, 5.74) is 0.334. The van der Waals surface area contributed by atoms with Gasteiger partial charge in [0, 0.05) is 18.2 Å². The smallest absolute Gasteiger partial charge is 0.256 e. The molecule has 2 fully saturated rings. The van der Waals surface area contributed by atoms with Gasteiger partial charge in [0.1, 0.15) is 6.04 Å². The lowest BCUT2D eigenvalue weighted by Crippen LogP contribution is -2.50. The number of carbonyl (C=O) groups is 2. The van der Waals surface area contributed by atoms with Crippen LogP contribution in [0.15, 0.2) is 18.2 Å². The van der Waals surface area contributed by atoms with Crippen molar-refractivity contribution in [3.63, 3.8) is 0 Å². The van der Waals surface area contributed by atoms with Crippen LogP contribution in [0.4, 0.5) is 0 Å². The van der Waals surface area contributed by atoms with Gasteiger partial charge < -0.3 is 15.0 Å². The van der Waals surface area contributed by atoms with Gasteiger partial charge in [0.05, 0.1) is 22.7 Å². The first kappa shape index (κ1) is 18.5. The first-order chi connectivity index (χ1) is 12.0. The van der Waals surface area contributed by atoms with E-state index < -0.39 is 6.04 Å². The Hall–Kier alpha value is -1.30. The average molecular weight is 385 g/mol. The molecule has 2 amide bonds. The lowest BCUT2D eigenvalue weighted by atomic mass is 10.1. The van der Waals surface area contributed by atoms with Crippen LogP contribution in [0.25, 0.3) is 0 Å². The molecule has 2 saturated heterocycles. The third kappa shape index (κ3) is 4.10. The van der Waals surface area contributed by atoms with Crippen molar-refractivity contribution < 1.29 is 14.3 Å². The zero-order valence-electron chi connectivity index (χ0n) is 14.1. The lowest BCUT2D eigenvalue weighted by Gasteiger charge is -2.27. The first-order valence-corrected chi connectivity index (χ1v) is 9.41. The van der Waals surface area contributed by atoms with Gasteiger partial charge in [-0.15, -0.1) is 0 Å². The van der Waals surface area contributed by atoms with Crippen LogP contribution in [0.2, 0.25) is 10.0 Å². The molecular weight excluding hydrogens is 363 g/mol. The summed E-state index contributed by atoms with van der Waals surface area (Å²) < 4.78 is 5.62. The highest BCUT2D eigenvalue weighted by atomic mass is 35.5. The van der Waals surface area contributed by atoms with Crippen LogP contribution in [0.5, 0.6) is 0 Å². The standard InChI is InChI=1S/C18H22Cl2N2O3/c1-11(16-5-3-9-25-16)21-17(23)15-4-2-8-22(15)18(24)13-10-12(19)6-7-14(13)20/h6-7,10-11,15-16H,2-5,8-9H2,1H3,(H,21,23)/t11-,15-,16-/m0/s1. The van der Waals surface area contributed by atoms with E-state index in [-0.39, 0.29) is 24.0 Å². The highest BCUT2D eigenvalue weighted by Gasteiger charge is 2.36. The van der Waals surface area contributed by atoms with Gasteiger partial charge in [-0.3, -0.25) is 9.59 Å². The molecule has 7 heteroatoms. The number of nitrogens with zero attached hydrogens (tertiary/aromatic N) is 1. The second-order valence-electron chi connectivity index (χ2n) is 6.63. The molecule has 3 atom stereocenters. The summed E-state index contributed by atoms with van der Waals surface area (Å²) >= 11 is 12.1. The fourth-order valence-electron chi connectivity index (χ4n) is 3.51. The molecule has 136 valence electrons. The van der Waals surface area contributed by atoms with Crippen molar-refractivity contribution in [1.29, 1.82) is 0 Å². The van der Waals surface area contributed by atoms with Crippen LogP contribution in [-0.2, 0) is 9.53 Å². The molecular formula is C18H22Cl2N2O3. The number of hydrogen-bond donors (Lipinski definition) is 1. The number of likely N-dealkylation sites (tertiary alicyclic amines) is 1. The van der Waals surface area contributed by atoms with E-state index in [0.29, 0.717) is 28.6 Å². The Bertz CT molecular complexity index is 662. The van der Waals surface area contributed by atoms with Gasteiger partial charge in [-0.2, -0.15) is 0 Å². The summed E-state index contributed by atoms with van der Waals surface area (Å²) in [6, 6.07) is 4.24. The largest absolute Gasteiger partial charge is 0.376 e. The van der Waals surface area contributed by atoms with Crippen LogP contribution in [0, 0.1) is 0 Å². The van der Waals surface area contributed by atoms with E-state index in [9.17, 15) is 9.59 Å². The number of amides is 2. The number of carbonyl (C=O) groups excluding carboxylic acids is 2. The minimum Gasteiger partial charge on any atom is -0.376 e. The summed E-state index contributed by atoms with van der Waals surface area (Å²) in [5, 5.41) is 3.79. The monoisotopic (exact) mass is 384 g/mol. The van der Waals surface area contributed by atoms with E-state index in [4.69, 9.17) is 27.9 Å². The number of nitrogens with one attached hydrogen (secondary N) is 1. The quantitative estimate of drug-likeness (QED) is 0.866. The normalized spacial score (nSPS) is 24.4. The van der Waals surface area contributed by atoms with Gasteiger partial charge in [-0.05, 0) is 50.8 Å². The molecule has 2 heterocycles. The highest BCUT2D eigenvalue weighted by Crippen LogP contribution is 2.26. The first-order valence-electron chi connectivity index (χ1n) is 8.65. The molecule has 2 aliphatic rings. The molecule has 0 aromatic heterocycles. The van der Waals surface area contributed by atoms with Gasteiger partial charge in [-0.1, -0.05) is 23.2 Å². The Morgan fingerprint density at radius 2 is 2.08 bits per heavy atom. The van der Waals surface area contributed by atoms with Crippen molar-refractivity contribution in [3.8, 4) is 0 Å². The number of benzene rings is 1. The van der Waals surface area contributed by atoms with E-state index in [1.165, 1.54) is 0 Å². The maximum atomic E-state index is 12.9. The van der Waals surface area contributed by atoms with E-state index >= 15 is 0 Å². The van der Waals surface area contributed by atoms with E-state index in [2.05, 4.69) is 5.32 Å². The van der Waals surface area contributed by atoms with Crippen molar-refractivity contribution >= 4 is 35.0 Å². The molecule has 0 saturated carbocycles. The molecule has 1 aromatic carbocycles. The molecule has 0 radical (unpaired) electrons. The predicted octanol–water partition coefficient (Wildman–Crippen LogP) is 3.28. The highest BCUT2D eigenvalue weighted by molar-refractivity contribution is 6.35. The van der Waals surface area contributed by atoms with Gasteiger partial charge >= 0.3 is 0 Å². The van der Waals surface area contributed by atoms with E-state index in [0.717, 1.165) is 25.9 Å². The maximum Gasteiger partial charge on any atom is 0.256 e. The Kier molecular flexibility index (Phi) is 5.87. The van der Waals surface area contributed by atoms with Gasteiger partial charge in [0.15, 0.2) is 0 Å². The van der Waals surface area contributed by atoms with Crippen molar-refractivity contribution in [1.82, 2.24) is 10.2 Å². The third-order valence-electron chi connectivity index (χ3n) is 4.87. The molecule has 0 aliphatic carbocycles. The SMILES string of the molecule is C[C@H](NC(=O)[C@@H]1CCCN1C(=O)c1cc(Cl)ccc1Cl)[C@@H]1CCCO1. The van der Waals surface area contributed by atoms with Gasteiger partial charge in [0.25, 0.3) is 5.91 Å². The Morgan fingerprint density at radius 1 is 1.28 bits per heavy atom. The zero-order chi connectivity index (χ0) is 18.0. The number of halogens is 2. The Labute approximate surface area is 157 Å². The van der Waals surface area contributed by atoms with E-state index in [1.807, 2.05) is 6.92 Å². The topological polar surface area (TPSA) is 58.6 Å². The molecule has 5 nitrogen and oxygen atoms in total. The van der Waals surface area contributed by atoms with Crippen LogP contribution < -0.4 is 5.32 Å². The summed E-state index contributed by atoms with van der Waals surface area (Å²) in [5.74, 6) is -0.387. The van der Waals surface area contributed by atoms with Crippen molar-refractivity contribution in [2.75, 3.05) is 13.2 Å². The molecule has 0 unspecified atom stereocenters. The number of ether oxygens (including phenoxy) is 1. The molecule has 25 heavy (non-hydrogen) atoms. The minimum atomic E-state index is -0.480. The fraction of sp³-hybridized carbons (Fsp3) is 0.556. The van der Waals surface area contributed by atoms with Crippen LogP contribution in [-0.4, -0.2) is 48.1 Å². The Balaban J connectivity index is 1.70. The van der Waals surface area contributed by atoms with Crippen LogP contribution >= 0.6 is 23.2 Å². The predicted molar refractivity (Wildman–Crippen MR) is 97.1 cm³/mol. The van der Waals surface area contributed by atoms with Crippen molar-refractivity contribution in [3.05, 3.63) is 33.8 Å². The van der Waals surface area contributed by atoms with Crippen LogP contribution in [0.1, 0.15) is 43.0 Å². The molecule has 1 N–H and O–H groups in total. The van der Waals surface area contributed by atoms with Crippen LogP contribution in [0.3, 0.4) is 0 Å². The molecule has 2 aliphatic heterocycles. The molecule has 0 spiro atoms. The van der Waals surface area contributed by atoms with Crippen molar-refractivity contribution in [2.45, 2.75) is 50.8 Å². The number of hydrogen-bond acceptors (Lipinski definition) is 3. The summed E-state index contributed by atoms with van der Waals surface area (Å²) in [6.45, 7) is 3.23. The molecule has 1 aromatic rings. The summed E-state index contributed by atoms with van der Waals surface area (Å²) in [7, 11) is 0. The molecule has 0 bridgehead atoms. The van der Waals surface area contributed by atoms with Crippen molar-refractivity contribution in [2.24, 2.45) is 0 Å². The minimum absolute atomic E-state index is 0.0527. The third-order valence-corrected chi connectivity index (χ3v) is 5.43. The Morgan fingerprint density at radius 3 is 2.80 bits per heavy atom. The summed E-state index contributed by atoms with van der Waals surface area (Å²) in [6.07, 6.45) is 3.46. The average Bonchev–Trinajstić information content (AvgIpc) is 3.27. The molecule has 3 rings (SSSR count). The maximum absolute atomic E-state index is 12.9. The second-order valence-corrected chi connectivity index (χ2v) is 7.47. The van der Waals surface area contributed by atoms with E-state index in [1.54, 1.807) is 23.1 Å². The zero-order valence-corrected chi connectivity index (χ0v) is 15.6. The van der Waals surface area contributed by atoms with Gasteiger partial charge in [-0.25, -0.2) is 0 Å². The fourth-order valence-corrected chi connectivity index (χ4v) is 3.88. The lowest BCUT2D eigenvalue weighted by molar-refractivity contribution is -0.126.